The number of para-hydroxylation sites is 1. The largest absolute Gasteiger partial charge is 0.482 e. The van der Waals surface area contributed by atoms with Crippen molar-refractivity contribution in [2.24, 2.45) is 7.05 Å². The lowest BCUT2D eigenvalue weighted by Crippen LogP contribution is -2.20. The molecule has 6 heteroatoms. The first-order valence-electron chi connectivity index (χ1n) is 8.86. The fraction of sp³-hybridized carbons (Fsp3) is 0.286. The van der Waals surface area contributed by atoms with Crippen LogP contribution in [0.15, 0.2) is 30.3 Å². The van der Waals surface area contributed by atoms with Gasteiger partial charge in [-0.3, -0.25) is 4.79 Å². The van der Waals surface area contributed by atoms with Crippen LogP contribution in [0, 0.1) is 6.92 Å². The highest BCUT2D eigenvalue weighted by atomic mass is 16.5. The number of hydrogen-bond acceptors (Lipinski definition) is 3. The Morgan fingerprint density at radius 2 is 1.81 bits per heavy atom. The molecule has 6 nitrogen and oxygen atoms in total. The summed E-state index contributed by atoms with van der Waals surface area (Å²) in [4.78, 5) is 11.4. The Bertz CT molecular complexity index is 1200. The zero-order valence-electron chi connectivity index (χ0n) is 16.2. The van der Waals surface area contributed by atoms with Crippen LogP contribution in [0.25, 0.3) is 27.3 Å². The molecule has 27 heavy (non-hydrogen) atoms. The number of carbonyl (C=O) groups excluding carboxylic acids is 1. The number of ether oxygens (including phenoxy) is 2. The Balaban J connectivity index is 2.17. The van der Waals surface area contributed by atoms with Gasteiger partial charge in [-0.05, 0) is 24.6 Å². The van der Waals surface area contributed by atoms with Crippen molar-refractivity contribution in [2.75, 3.05) is 14.2 Å². The lowest BCUT2D eigenvalue weighted by Gasteiger charge is -2.16. The lowest BCUT2D eigenvalue weighted by atomic mass is 10.1. The number of rotatable bonds is 4. The van der Waals surface area contributed by atoms with E-state index in [0.29, 0.717) is 12.4 Å². The fourth-order valence-corrected chi connectivity index (χ4v) is 3.99. The second-order valence-corrected chi connectivity index (χ2v) is 6.75. The number of nitrogens with one attached hydrogen (secondary N) is 1. The average Bonchev–Trinajstić information content (AvgIpc) is 3.13. The van der Waals surface area contributed by atoms with Crippen molar-refractivity contribution in [3.05, 3.63) is 41.5 Å². The molecule has 0 fully saturated rings. The van der Waals surface area contributed by atoms with Gasteiger partial charge in [-0.15, -0.1) is 0 Å². The highest BCUT2D eigenvalue weighted by Crippen LogP contribution is 2.43. The van der Waals surface area contributed by atoms with Gasteiger partial charge in [-0.2, -0.15) is 0 Å². The Morgan fingerprint density at radius 1 is 1.11 bits per heavy atom. The third-order valence-corrected chi connectivity index (χ3v) is 5.20. The van der Waals surface area contributed by atoms with Crippen molar-refractivity contribution in [3.8, 4) is 11.8 Å². The predicted octanol–water partition coefficient (Wildman–Crippen LogP) is 3.55. The second kappa shape index (κ2) is 6.23. The number of carbonyl (C=O) groups is 1. The Morgan fingerprint density at radius 3 is 2.48 bits per heavy atom. The molecule has 0 radical (unpaired) electrons. The third kappa shape index (κ3) is 2.36. The molecule has 0 atom stereocenters. The van der Waals surface area contributed by atoms with Gasteiger partial charge in [-0.25, -0.2) is 4.40 Å². The molecule has 3 aromatic heterocycles. The van der Waals surface area contributed by atoms with E-state index in [0.717, 1.165) is 38.9 Å². The van der Waals surface area contributed by atoms with Crippen LogP contribution in [0.1, 0.15) is 18.1 Å². The zero-order chi connectivity index (χ0) is 19.3. The van der Waals surface area contributed by atoms with Crippen LogP contribution in [0.3, 0.4) is 0 Å². The molecule has 3 heterocycles. The van der Waals surface area contributed by atoms with Gasteiger partial charge in [-0.1, -0.05) is 18.2 Å². The summed E-state index contributed by atoms with van der Waals surface area (Å²) in [5, 5.41) is 5.18. The van der Waals surface area contributed by atoms with Crippen LogP contribution in [0.5, 0.6) is 11.8 Å². The number of nitrogens with zero attached hydrogens (tertiary/aromatic N) is 2. The second-order valence-electron chi connectivity index (χ2n) is 6.75. The van der Waals surface area contributed by atoms with E-state index in [1.54, 1.807) is 14.2 Å². The number of aryl methyl sites for hydroxylation is 2. The quantitative estimate of drug-likeness (QED) is 0.602. The smallest absolute Gasteiger partial charge is 0.226 e. The predicted molar refractivity (Wildman–Crippen MR) is 107 cm³/mol. The molecule has 140 valence electrons. The van der Waals surface area contributed by atoms with Crippen molar-refractivity contribution >= 4 is 33.2 Å². The van der Waals surface area contributed by atoms with Crippen LogP contribution in [-0.2, 0) is 18.4 Å². The van der Waals surface area contributed by atoms with E-state index in [2.05, 4.69) is 28.1 Å². The van der Waals surface area contributed by atoms with E-state index in [1.165, 1.54) is 12.3 Å². The number of benzene rings is 1. The Labute approximate surface area is 157 Å². The number of methoxy groups -OCH3 is 2. The molecule has 0 unspecified atom stereocenters. The maximum absolute atomic E-state index is 11.4. The first-order chi connectivity index (χ1) is 13.0. The summed E-state index contributed by atoms with van der Waals surface area (Å²) in [6.45, 7) is 3.95. The molecule has 4 rings (SSSR count). The standard InChI is InChI=1S/C21H23N3O3/c1-12-10-17-18-14-8-6-7-9-16(14)23(3)19(18)21(27-5)24(17)20(26-4)15(12)11-22-13(2)25/h6-10H,11H2,1-5H3,(H,22,25). The van der Waals surface area contributed by atoms with E-state index < -0.39 is 0 Å². The third-order valence-electron chi connectivity index (χ3n) is 5.20. The molecule has 0 spiro atoms. The molecule has 0 aliphatic rings. The fourth-order valence-electron chi connectivity index (χ4n) is 3.99. The van der Waals surface area contributed by atoms with Crippen LogP contribution < -0.4 is 14.8 Å². The summed E-state index contributed by atoms with van der Waals surface area (Å²) in [6.07, 6.45) is 0. The number of fused-ring (bicyclic) bond motifs is 5. The van der Waals surface area contributed by atoms with Crippen molar-refractivity contribution < 1.29 is 14.3 Å². The number of amides is 1. The van der Waals surface area contributed by atoms with Crippen molar-refractivity contribution in [1.82, 2.24) is 14.3 Å². The zero-order valence-corrected chi connectivity index (χ0v) is 16.2. The molecule has 1 amide bonds. The van der Waals surface area contributed by atoms with Gasteiger partial charge in [0.2, 0.25) is 17.7 Å². The molecule has 0 aliphatic carbocycles. The van der Waals surface area contributed by atoms with Crippen LogP contribution in [0.2, 0.25) is 0 Å². The molecule has 0 saturated carbocycles. The maximum Gasteiger partial charge on any atom is 0.226 e. The maximum atomic E-state index is 11.4. The van der Waals surface area contributed by atoms with Gasteiger partial charge in [0.05, 0.1) is 19.7 Å². The summed E-state index contributed by atoms with van der Waals surface area (Å²) < 4.78 is 15.8. The Hall–Kier alpha value is -3.15. The van der Waals surface area contributed by atoms with Crippen LogP contribution >= 0.6 is 0 Å². The molecule has 0 aliphatic heterocycles. The summed E-state index contributed by atoms with van der Waals surface area (Å²) in [5.74, 6) is 1.32. The van der Waals surface area contributed by atoms with Gasteiger partial charge in [0, 0.05) is 42.4 Å². The SMILES string of the molecule is COc1c(CNC(C)=O)c(C)cc2c3c4ccccc4n(C)c3c(OC)n12. The van der Waals surface area contributed by atoms with E-state index in [-0.39, 0.29) is 5.91 Å². The summed E-state index contributed by atoms with van der Waals surface area (Å²) in [6, 6.07) is 10.5. The average molecular weight is 365 g/mol. The first kappa shape index (κ1) is 17.3. The van der Waals surface area contributed by atoms with Gasteiger partial charge < -0.3 is 19.4 Å². The molecule has 0 saturated heterocycles. The van der Waals surface area contributed by atoms with Crippen LogP contribution in [-0.4, -0.2) is 29.1 Å². The minimum absolute atomic E-state index is 0.0767. The number of aromatic nitrogens is 2. The monoisotopic (exact) mass is 365 g/mol. The van der Waals surface area contributed by atoms with E-state index >= 15 is 0 Å². The minimum atomic E-state index is -0.0767. The molecule has 1 aromatic carbocycles. The minimum Gasteiger partial charge on any atom is -0.482 e. The molecular weight excluding hydrogens is 342 g/mol. The molecular formula is C21H23N3O3. The van der Waals surface area contributed by atoms with E-state index in [1.807, 2.05) is 30.5 Å². The lowest BCUT2D eigenvalue weighted by molar-refractivity contribution is -0.119. The van der Waals surface area contributed by atoms with Crippen molar-refractivity contribution in [3.63, 3.8) is 0 Å². The molecule has 1 N–H and O–H groups in total. The summed E-state index contributed by atoms with van der Waals surface area (Å²) in [5.41, 5.74) is 5.20. The van der Waals surface area contributed by atoms with Crippen molar-refractivity contribution in [2.45, 2.75) is 20.4 Å². The van der Waals surface area contributed by atoms with E-state index in [4.69, 9.17) is 9.47 Å². The topological polar surface area (TPSA) is 56.9 Å². The number of hydrogen-bond donors (Lipinski definition) is 1. The van der Waals surface area contributed by atoms with Gasteiger partial charge >= 0.3 is 0 Å². The summed E-state index contributed by atoms with van der Waals surface area (Å²) >= 11 is 0. The molecule has 0 bridgehead atoms. The van der Waals surface area contributed by atoms with Crippen molar-refractivity contribution in [1.29, 1.82) is 0 Å². The number of pyridine rings is 1. The van der Waals surface area contributed by atoms with Gasteiger partial charge in [0.25, 0.3) is 0 Å². The van der Waals surface area contributed by atoms with Gasteiger partial charge in [0.15, 0.2) is 0 Å². The normalized spacial score (nSPS) is 11.4. The highest BCUT2D eigenvalue weighted by molar-refractivity contribution is 6.18. The Kier molecular flexibility index (Phi) is 3.98. The van der Waals surface area contributed by atoms with Crippen LogP contribution in [0.4, 0.5) is 0 Å². The van der Waals surface area contributed by atoms with E-state index in [9.17, 15) is 4.79 Å². The highest BCUT2D eigenvalue weighted by Gasteiger charge is 2.24. The summed E-state index contributed by atoms with van der Waals surface area (Å²) in [7, 11) is 5.36. The first-order valence-corrected chi connectivity index (χ1v) is 8.86. The van der Waals surface area contributed by atoms with Gasteiger partial charge in [0.1, 0.15) is 5.52 Å². The molecule has 4 aromatic rings.